The van der Waals surface area contributed by atoms with Gasteiger partial charge in [-0.05, 0) is 70.8 Å². The summed E-state index contributed by atoms with van der Waals surface area (Å²) in [6.45, 7) is 19.2. The number of fused-ring (bicyclic) bond motifs is 2. The summed E-state index contributed by atoms with van der Waals surface area (Å²) in [7, 11) is 0. The highest BCUT2D eigenvalue weighted by molar-refractivity contribution is 5.96. The van der Waals surface area contributed by atoms with Crippen molar-refractivity contribution in [2.24, 2.45) is 0 Å². The average molecular weight is 645 g/mol. The Hall–Kier alpha value is -5.34. The maximum Gasteiger partial charge on any atom is 0.0811 e. The van der Waals surface area contributed by atoms with E-state index in [0.29, 0.717) is 0 Å². The molecule has 0 aliphatic heterocycles. The van der Waals surface area contributed by atoms with Crippen molar-refractivity contribution in [1.82, 2.24) is 0 Å². The summed E-state index contributed by atoms with van der Waals surface area (Å²) in [5.41, 5.74) is 4.46. The van der Waals surface area contributed by atoms with Crippen molar-refractivity contribution in [2.75, 3.05) is 10.0 Å². The van der Waals surface area contributed by atoms with Crippen LogP contribution in [-0.4, -0.2) is 0 Å². The molecule has 0 spiro atoms. The van der Waals surface area contributed by atoms with Crippen molar-refractivity contribution >= 4 is 32.9 Å². The van der Waals surface area contributed by atoms with Crippen LogP contribution in [0, 0.1) is 0 Å². The Morgan fingerprint density at radius 3 is 1.67 bits per heavy atom. The molecule has 0 aliphatic carbocycles. The molecule has 0 bridgehead atoms. The third kappa shape index (κ3) is 9.18. The minimum Gasteiger partial charge on any atom is -0.271 e. The first kappa shape index (κ1) is 36.5. The maximum atomic E-state index is 3.84. The van der Waals surface area contributed by atoms with E-state index in [0.717, 1.165) is 11.4 Å². The number of hydrogen-bond acceptors (Lipinski definition) is 2. The fourth-order valence-electron chi connectivity index (χ4n) is 5.83. The van der Waals surface area contributed by atoms with Crippen molar-refractivity contribution in [3.05, 3.63) is 194 Å². The molecular weight excluding hydrogens is 593 g/mol. The number of allylic oxidation sites excluding steroid dienone is 4. The van der Waals surface area contributed by atoms with Crippen LogP contribution in [0.5, 0.6) is 0 Å². The quantitative estimate of drug-likeness (QED) is 0.120. The summed E-state index contributed by atoms with van der Waals surface area (Å²) in [6, 6.07) is 51.6. The molecule has 0 atom stereocenters. The molecule has 0 fully saturated rings. The molecule has 0 radical (unpaired) electrons. The Morgan fingerprint density at radius 1 is 0.510 bits per heavy atom. The number of hydrazine groups is 1. The zero-order valence-electron chi connectivity index (χ0n) is 30.3. The van der Waals surface area contributed by atoms with Crippen molar-refractivity contribution in [3.8, 4) is 0 Å². The Bertz CT molecular complexity index is 1930. The predicted molar refractivity (Wildman–Crippen MR) is 217 cm³/mol. The van der Waals surface area contributed by atoms with Crippen LogP contribution in [0.2, 0.25) is 0 Å². The fourth-order valence-corrected chi connectivity index (χ4v) is 5.83. The van der Waals surface area contributed by atoms with E-state index in [4.69, 9.17) is 0 Å². The van der Waals surface area contributed by atoms with Crippen molar-refractivity contribution in [1.29, 1.82) is 0 Å². The molecule has 0 unspecified atom stereocenters. The fraction of sp³-hybridized carbons (Fsp3) is 0.191. The third-order valence-electron chi connectivity index (χ3n) is 8.45. The van der Waals surface area contributed by atoms with E-state index in [-0.39, 0.29) is 5.41 Å². The molecule has 0 heterocycles. The molecule has 0 saturated heterocycles. The molecule has 0 saturated carbocycles. The number of anilines is 2. The molecule has 0 N–H and O–H groups in total. The van der Waals surface area contributed by atoms with Crippen LogP contribution in [0.25, 0.3) is 21.5 Å². The minimum atomic E-state index is -0.418. The summed E-state index contributed by atoms with van der Waals surface area (Å²) < 4.78 is 0. The predicted octanol–water partition coefficient (Wildman–Crippen LogP) is 13.4. The van der Waals surface area contributed by atoms with Gasteiger partial charge in [-0.1, -0.05) is 187 Å². The van der Waals surface area contributed by atoms with E-state index in [1.54, 1.807) is 6.08 Å². The summed E-state index contributed by atoms with van der Waals surface area (Å²) in [4.78, 5) is 0. The maximum absolute atomic E-state index is 3.84. The van der Waals surface area contributed by atoms with Crippen LogP contribution in [0.15, 0.2) is 183 Å². The van der Waals surface area contributed by atoms with Crippen molar-refractivity contribution in [3.63, 3.8) is 0 Å². The SMILES string of the molecule is C=C/C=C\C=C/N(c1ccc2ccccc2c1)N(c1cccc2ccccc12)C(C)(C)c1ccc(C(C)(C)C)cc1.CC.c1ccccc1. The van der Waals surface area contributed by atoms with Gasteiger partial charge in [-0.15, -0.1) is 0 Å². The summed E-state index contributed by atoms with van der Waals surface area (Å²) in [6.07, 6.45) is 10.00. The lowest BCUT2D eigenvalue weighted by atomic mass is 9.84. The molecule has 6 aromatic rings. The van der Waals surface area contributed by atoms with E-state index in [2.05, 4.69) is 173 Å². The number of rotatable bonds is 8. The molecule has 49 heavy (non-hydrogen) atoms. The first-order valence-electron chi connectivity index (χ1n) is 17.3. The van der Waals surface area contributed by atoms with Gasteiger partial charge in [0.05, 0.1) is 16.9 Å². The first-order chi connectivity index (χ1) is 23.7. The van der Waals surface area contributed by atoms with Crippen molar-refractivity contribution in [2.45, 2.75) is 59.4 Å². The van der Waals surface area contributed by atoms with Crippen LogP contribution in [0.4, 0.5) is 11.4 Å². The normalized spacial score (nSPS) is 11.5. The second-order valence-corrected chi connectivity index (χ2v) is 13.2. The average Bonchev–Trinajstić information content (AvgIpc) is 3.14. The number of benzene rings is 6. The second kappa shape index (κ2) is 17.2. The van der Waals surface area contributed by atoms with Gasteiger partial charge in [0.1, 0.15) is 0 Å². The summed E-state index contributed by atoms with van der Waals surface area (Å²) in [5, 5.41) is 9.57. The molecule has 0 aromatic heterocycles. The van der Waals surface area contributed by atoms with Crippen LogP contribution in [0.1, 0.15) is 59.6 Å². The van der Waals surface area contributed by atoms with Gasteiger partial charge >= 0.3 is 0 Å². The van der Waals surface area contributed by atoms with Crippen LogP contribution in [0.3, 0.4) is 0 Å². The molecule has 250 valence electrons. The molecule has 6 rings (SSSR count). The van der Waals surface area contributed by atoms with Crippen LogP contribution >= 0.6 is 0 Å². The molecule has 0 amide bonds. The standard InChI is InChI=1S/C39H40N2.C6H6.C2H6/c1-7-8-9-14-28-40(35-27-22-30-16-10-11-18-32(30)29-35)41(37-21-15-19-31-17-12-13-20-36(31)37)39(5,6)34-25-23-33(24-26-34)38(2,3)4;1-2-4-6-5-3-1;1-2/h7-29H,1H2,2-6H3;1-6H;1-2H3/b9-8-,28-14-;;. The molecule has 2 heteroatoms. The van der Waals surface area contributed by atoms with Gasteiger partial charge in [0.2, 0.25) is 0 Å². The topological polar surface area (TPSA) is 6.48 Å². The second-order valence-electron chi connectivity index (χ2n) is 13.2. The zero-order chi connectivity index (χ0) is 35.3. The van der Waals surface area contributed by atoms with Crippen LogP contribution < -0.4 is 10.0 Å². The van der Waals surface area contributed by atoms with Crippen molar-refractivity contribution < 1.29 is 0 Å². The lowest BCUT2D eigenvalue weighted by molar-refractivity contribution is 0.482. The van der Waals surface area contributed by atoms with E-state index >= 15 is 0 Å². The van der Waals surface area contributed by atoms with E-state index in [1.807, 2.05) is 62.4 Å². The van der Waals surface area contributed by atoms with E-state index in [1.165, 1.54) is 32.7 Å². The molecule has 6 aromatic carbocycles. The van der Waals surface area contributed by atoms with Gasteiger partial charge in [0.25, 0.3) is 0 Å². The smallest absolute Gasteiger partial charge is 0.0811 e. The van der Waals surface area contributed by atoms with Gasteiger partial charge < -0.3 is 0 Å². The molecule has 0 aliphatic rings. The first-order valence-corrected chi connectivity index (χ1v) is 17.3. The third-order valence-corrected chi connectivity index (χ3v) is 8.45. The van der Waals surface area contributed by atoms with Gasteiger partial charge in [-0.3, -0.25) is 10.0 Å². The zero-order valence-corrected chi connectivity index (χ0v) is 30.3. The highest BCUT2D eigenvalue weighted by Gasteiger charge is 2.35. The van der Waals surface area contributed by atoms with E-state index < -0.39 is 5.54 Å². The van der Waals surface area contributed by atoms with Gasteiger partial charge in [0, 0.05) is 11.6 Å². The highest BCUT2D eigenvalue weighted by Crippen LogP contribution is 2.41. The molecule has 2 nitrogen and oxygen atoms in total. The summed E-state index contributed by atoms with van der Waals surface area (Å²) in [5.74, 6) is 0. The monoisotopic (exact) mass is 644 g/mol. The minimum absolute atomic E-state index is 0.0926. The highest BCUT2D eigenvalue weighted by atomic mass is 15.6. The van der Waals surface area contributed by atoms with Gasteiger partial charge in [-0.2, -0.15) is 0 Å². The molecular formula is C47H52N2. The van der Waals surface area contributed by atoms with Gasteiger partial charge in [0.15, 0.2) is 0 Å². The Balaban J connectivity index is 0.000000602. The summed E-state index contributed by atoms with van der Waals surface area (Å²) >= 11 is 0. The largest absolute Gasteiger partial charge is 0.271 e. The Morgan fingerprint density at radius 2 is 1.06 bits per heavy atom. The Kier molecular flexibility index (Phi) is 12.8. The Labute approximate surface area is 295 Å². The van der Waals surface area contributed by atoms with E-state index in [9.17, 15) is 0 Å². The lowest BCUT2D eigenvalue weighted by Gasteiger charge is -2.47. The number of hydrogen-bond donors (Lipinski definition) is 0. The van der Waals surface area contributed by atoms with Gasteiger partial charge in [-0.25, -0.2) is 0 Å². The number of nitrogens with zero attached hydrogens (tertiary/aromatic N) is 2. The lowest BCUT2D eigenvalue weighted by Crippen LogP contribution is -2.51. The van der Waals surface area contributed by atoms with Crippen LogP contribution in [-0.2, 0) is 11.0 Å².